The van der Waals surface area contributed by atoms with Gasteiger partial charge in [0.2, 0.25) is 0 Å². The van der Waals surface area contributed by atoms with Gasteiger partial charge >= 0.3 is 11.9 Å². The van der Waals surface area contributed by atoms with E-state index in [2.05, 4.69) is 4.74 Å². The van der Waals surface area contributed by atoms with Crippen LogP contribution in [0, 0.1) is 17.5 Å². The summed E-state index contributed by atoms with van der Waals surface area (Å²) in [5, 5.41) is 9.23. The van der Waals surface area contributed by atoms with Gasteiger partial charge in [0.15, 0.2) is 17.5 Å². The van der Waals surface area contributed by atoms with Crippen molar-refractivity contribution in [1.29, 1.82) is 0 Å². The second kappa shape index (κ2) is 5.61. The average molecular weight is 299 g/mol. The summed E-state index contributed by atoms with van der Waals surface area (Å²) in [6.07, 6.45) is 0. The third kappa shape index (κ3) is 2.67. The summed E-state index contributed by atoms with van der Waals surface area (Å²) in [5.74, 6) is -13.8. The molecule has 0 amide bonds. The predicted molar refractivity (Wildman–Crippen MR) is 56.5 cm³/mol. The Labute approximate surface area is 109 Å². The Morgan fingerprint density at radius 1 is 1.40 bits per heavy atom. The lowest BCUT2D eigenvalue weighted by Crippen LogP contribution is -2.42. The molecule has 0 fully saturated rings. The Morgan fingerprint density at radius 2 is 1.95 bits per heavy atom. The van der Waals surface area contributed by atoms with Gasteiger partial charge < -0.3 is 15.6 Å². The second-order valence-corrected chi connectivity index (χ2v) is 3.74. The number of nitrogens with two attached hydrogens (primary N) is 1. The maximum Gasteiger partial charge on any atom is 0.379 e. The molecule has 9 heteroatoms. The van der Waals surface area contributed by atoms with Gasteiger partial charge in [-0.25, -0.2) is 18.0 Å². The second-order valence-electron chi connectivity index (χ2n) is 3.74. The number of hydrogen-bond acceptors (Lipinski definition) is 4. The highest BCUT2D eigenvalue weighted by Crippen LogP contribution is 2.38. The van der Waals surface area contributed by atoms with Crippen molar-refractivity contribution in [1.82, 2.24) is 0 Å². The lowest BCUT2D eigenvalue weighted by Gasteiger charge is -2.23. The number of carbonyl (C=O) groups is 1. The molecule has 4 nitrogen and oxygen atoms in total. The fraction of sp³-hybridized carbons (Fsp3) is 0.364. The Balaban J connectivity index is 3.31. The molecule has 0 radical (unpaired) electrons. The number of alkyl halides is 2. The number of phenolic OH excluding ortho intramolecular Hbond substituents is 1. The number of carbonyl (C=O) groups excluding carboxylic acids is 1. The first-order valence-corrected chi connectivity index (χ1v) is 5.31. The quantitative estimate of drug-likeness (QED) is 0.507. The van der Waals surface area contributed by atoms with Gasteiger partial charge in [-0.3, -0.25) is 0 Å². The van der Waals surface area contributed by atoms with Crippen molar-refractivity contribution in [2.45, 2.75) is 18.9 Å². The van der Waals surface area contributed by atoms with E-state index in [1.165, 1.54) is 6.92 Å². The smallest absolute Gasteiger partial charge is 0.379 e. The van der Waals surface area contributed by atoms with Crippen molar-refractivity contribution >= 4 is 5.97 Å². The van der Waals surface area contributed by atoms with Crippen LogP contribution in [-0.4, -0.2) is 23.6 Å². The van der Waals surface area contributed by atoms with Crippen molar-refractivity contribution in [3.8, 4) is 5.75 Å². The maximum atomic E-state index is 13.6. The Hall–Kier alpha value is -1.90. The van der Waals surface area contributed by atoms with Crippen LogP contribution in [0.15, 0.2) is 6.07 Å². The highest BCUT2D eigenvalue weighted by atomic mass is 19.3. The van der Waals surface area contributed by atoms with Crippen LogP contribution in [0.5, 0.6) is 5.75 Å². The zero-order valence-electron chi connectivity index (χ0n) is 10.1. The van der Waals surface area contributed by atoms with E-state index in [9.17, 15) is 31.9 Å². The molecule has 0 saturated heterocycles. The minimum atomic E-state index is -4.43. The summed E-state index contributed by atoms with van der Waals surface area (Å²) >= 11 is 0. The Bertz CT molecular complexity index is 535. The molecule has 0 saturated carbocycles. The van der Waals surface area contributed by atoms with Crippen LogP contribution >= 0.6 is 0 Å². The first-order chi connectivity index (χ1) is 9.14. The topological polar surface area (TPSA) is 72.5 Å². The van der Waals surface area contributed by atoms with Gasteiger partial charge in [-0.2, -0.15) is 8.78 Å². The average Bonchev–Trinajstić information content (AvgIpc) is 2.36. The summed E-state index contributed by atoms with van der Waals surface area (Å²) in [6.45, 7) is 0.850. The molecule has 0 bridgehead atoms. The van der Waals surface area contributed by atoms with Crippen LogP contribution in [0.2, 0.25) is 0 Å². The van der Waals surface area contributed by atoms with Gasteiger partial charge in [0.1, 0.15) is 11.8 Å². The van der Waals surface area contributed by atoms with Gasteiger partial charge in [-0.1, -0.05) is 0 Å². The summed E-state index contributed by atoms with van der Waals surface area (Å²) in [6, 6.07) is -2.66. The fourth-order valence-corrected chi connectivity index (χ4v) is 1.43. The van der Waals surface area contributed by atoms with E-state index < -0.39 is 53.3 Å². The molecule has 0 aliphatic carbocycles. The van der Waals surface area contributed by atoms with Crippen molar-refractivity contribution in [2.24, 2.45) is 5.73 Å². The van der Waals surface area contributed by atoms with Gasteiger partial charge in [-0.15, -0.1) is 0 Å². The summed E-state index contributed by atoms with van der Waals surface area (Å²) < 4.78 is 70.4. The van der Waals surface area contributed by atoms with Crippen LogP contribution in [0.1, 0.15) is 18.5 Å². The van der Waals surface area contributed by atoms with E-state index in [0.717, 1.165) is 0 Å². The number of hydrogen-bond donors (Lipinski definition) is 2. The highest BCUT2D eigenvalue weighted by Gasteiger charge is 2.50. The Kier molecular flexibility index (Phi) is 4.53. The number of rotatable bonds is 4. The van der Waals surface area contributed by atoms with Crippen molar-refractivity contribution in [2.75, 3.05) is 6.61 Å². The summed E-state index contributed by atoms with van der Waals surface area (Å²) in [7, 11) is 0. The van der Waals surface area contributed by atoms with E-state index in [-0.39, 0.29) is 6.07 Å². The van der Waals surface area contributed by atoms with E-state index >= 15 is 0 Å². The predicted octanol–water partition coefficient (Wildman–Crippen LogP) is 2.01. The summed E-state index contributed by atoms with van der Waals surface area (Å²) in [4.78, 5) is 11.0. The molecule has 0 aliphatic heterocycles. The van der Waals surface area contributed by atoms with Crippen LogP contribution in [-0.2, 0) is 9.53 Å². The van der Waals surface area contributed by atoms with E-state index in [4.69, 9.17) is 5.73 Å². The number of phenols is 1. The number of ether oxygens (including phenoxy) is 1. The zero-order chi connectivity index (χ0) is 15.7. The molecule has 0 unspecified atom stereocenters. The van der Waals surface area contributed by atoms with Gasteiger partial charge in [0.25, 0.3) is 0 Å². The van der Waals surface area contributed by atoms with Gasteiger partial charge in [0.05, 0.1) is 12.2 Å². The van der Waals surface area contributed by atoms with Crippen LogP contribution < -0.4 is 5.73 Å². The molecule has 0 aliphatic rings. The van der Waals surface area contributed by atoms with Crippen molar-refractivity contribution in [3.63, 3.8) is 0 Å². The minimum Gasteiger partial charge on any atom is -0.507 e. The molecule has 0 aromatic heterocycles. The molecule has 0 spiro atoms. The van der Waals surface area contributed by atoms with Crippen LogP contribution in [0.3, 0.4) is 0 Å². The molecular formula is C11H10F5NO3. The number of esters is 1. The molecule has 20 heavy (non-hydrogen) atoms. The molecule has 1 rings (SSSR count). The van der Waals surface area contributed by atoms with E-state index in [0.29, 0.717) is 0 Å². The van der Waals surface area contributed by atoms with Crippen molar-refractivity contribution < 1.29 is 36.6 Å². The van der Waals surface area contributed by atoms with Crippen LogP contribution in [0.4, 0.5) is 22.0 Å². The van der Waals surface area contributed by atoms with E-state index in [1.807, 2.05) is 0 Å². The lowest BCUT2D eigenvalue weighted by atomic mass is 9.99. The number of aromatic hydroxyl groups is 1. The van der Waals surface area contributed by atoms with Gasteiger partial charge in [-0.05, 0) is 6.92 Å². The first-order valence-electron chi connectivity index (χ1n) is 5.31. The molecule has 1 atom stereocenters. The normalized spacial score (nSPS) is 13.2. The van der Waals surface area contributed by atoms with Crippen molar-refractivity contribution in [3.05, 3.63) is 29.1 Å². The molecule has 3 N–H and O–H groups in total. The monoisotopic (exact) mass is 299 g/mol. The third-order valence-corrected chi connectivity index (χ3v) is 2.43. The fourth-order valence-electron chi connectivity index (χ4n) is 1.43. The maximum absolute atomic E-state index is 13.6. The standard InChI is InChI=1S/C11H10F5NO3/c1-2-20-10(19)11(15,16)9(17)6-5(18)3-4(12)7(13)8(6)14/h3,9,18H,2,17H2,1H3/t9-/m1/s1. The largest absolute Gasteiger partial charge is 0.507 e. The lowest BCUT2D eigenvalue weighted by molar-refractivity contribution is -0.175. The number of benzene rings is 1. The molecule has 1 aromatic carbocycles. The highest BCUT2D eigenvalue weighted by molar-refractivity contribution is 5.79. The molecular weight excluding hydrogens is 289 g/mol. The third-order valence-electron chi connectivity index (χ3n) is 2.43. The molecule has 112 valence electrons. The SMILES string of the molecule is CCOC(=O)C(F)(F)[C@H](N)c1c(O)cc(F)c(F)c1F. The van der Waals surface area contributed by atoms with E-state index in [1.54, 1.807) is 0 Å². The Morgan fingerprint density at radius 3 is 2.45 bits per heavy atom. The number of halogens is 5. The first kappa shape index (κ1) is 16.2. The molecule has 1 aromatic rings. The zero-order valence-corrected chi connectivity index (χ0v) is 10.1. The molecule has 0 heterocycles. The van der Waals surface area contributed by atoms with Gasteiger partial charge in [0, 0.05) is 6.07 Å². The van der Waals surface area contributed by atoms with Crippen LogP contribution in [0.25, 0.3) is 0 Å². The summed E-state index contributed by atoms with van der Waals surface area (Å²) in [5.41, 5.74) is 3.57. The minimum absolute atomic E-state index is 0.0782.